The highest BCUT2D eigenvalue weighted by Crippen LogP contribution is 2.35. The molecule has 0 N–H and O–H groups in total. The standard InChI is InChI=1S/C11H9F3O2/c12-11(13,14)8-2-1-7(6-15)10(5-8)16-9-3-4-9/h1-2,5-6,9H,3-4H2. The zero-order valence-corrected chi connectivity index (χ0v) is 8.25. The molecule has 1 saturated carbocycles. The fraction of sp³-hybridized carbons (Fsp3) is 0.364. The average Bonchev–Trinajstić information content (AvgIpc) is 3.00. The third-order valence-electron chi connectivity index (χ3n) is 2.29. The topological polar surface area (TPSA) is 26.3 Å². The summed E-state index contributed by atoms with van der Waals surface area (Å²) >= 11 is 0. The molecule has 0 amide bonds. The maximum Gasteiger partial charge on any atom is 0.416 e. The van der Waals surface area contributed by atoms with Gasteiger partial charge < -0.3 is 4.74 Å². The number of hydrogen-bond acceptors (Lipinski definition) is 2. The Labute approximate surface area is 90.0 Å². The molecule has 1 aromatic carbocycles. The summed E-state index contributed by atoms with van der Waals surface area (Å²) in [5.41, 5.74) is -0.645. The number of carbonyl (C=O) groups excluding carboxylic acids is 1. The van der Waals surface area contributed by atoms with E-state index in [1.54, 1.807) is 0 Å². The van der Waals surface area contributed by atoms with Crippen molar-refractivity contribution in [1.82, 2.24) is 0 Å². The van der Waals surface area contributed by atoms with Crippen LogP contribution in [0.25, 0.3) is 0 Å². The van der Waals surface area contributed by atoms with Gasteiger partial charge in [-0.15, -0.1) is 0 Å². The lowest BCUT2D eigenvalue weighted by molar-refractivity contribution is -0.137. The fourth-order valence-electron chi connectivity index (χ4n) is 1.28. The second-order valence-corrected chi connectivity index (χ2v) is 3.69. The molecule has 0 aliphatic heterocycles. The number of halogens is 3. The summed E-state index contributed by atoms with van der Waals surface area (Å²) in [6, 6.07) is 2.89. The second-order valence-electron chi connectivity index (χ2n) is 3.69. The van der Waals surface area contributed by atoms with Gasteiger partial charge in [-0.2, -0.15) is 13.2 Å². The molecule has 0 radical (unpaired) electrons. The fourth-order valence-corrected chi connectivity index (χ4v) is 1.28. The third-order valence-corrected chi connectivity index (χ3v) is 2.29. The molecular weight excluding hydrogens is 221 g/mol. The van der Waals surface area contributed by atoms with Gasteiger partial charge in [0.15, 0.2) is 6.29 Å². The van der Waals surface area contributed by atoms with E-state index in [2.05, 4.69) is 0 Å². The Bertz CT molecular complexity index is 408. The Morgan fingerprint density at radius 2 is 2.00 bits per heavy atom. The van der Waals surface area contributed by atoms with E-state index in [1.807, 2.05) is 0 Å². The Hall–Kier alpha value is -1.52. The van der Waals surface area contributed by atoms with Crippen molar-refractivity contribution in [3.63, 3.8) is 0 Å². The quantitative estimate of drug-likeness (QED) is 0.746. The number of benzene rings is 1. The molecule has 1 fully saturated rings. The number of ether oxygens (including phenoxy) is 1. The van der Waals surface area contributed by atoms with E-state index < -0.39 is 11.7 Å². The van der Waals surface area contributed by atoms with Crippen LogP contribution in [-0.4, -0.2) is 12.4 Å². The van der Waals surface area contributed by atoms with Crippen LogP contribution >= 0.6 is 0 Å². The molecule has 2 nitrogen and oxygen atoms in total. The van der Waals surface area contributed by atoms with Crippen molar-refractivity contribution in [2.75, 3.05) is 0 Å². The van der Waals surface area contributed by atoms with Crippen LogP contribution in [0, 0.1) is 0 Å². The molecule has 16 heavy (non-hydrogen) atoms. The molecule has 0 spiro atoms. The van der Waals surface area contributed by atoms with E-state index in [-0.39, 0.29) is 17.4 Å². The van der Waals surface area contributed by atoms with Crippen LogP contribution in [0.1, 0.15) is 28.8 Å². The molecular formula is C11H9F3O2. The molecule has 0 saturated heterocycles. The van der Waals surface area contributed by atoms with Crippen molar-refractivity contribution >= 4 is 6.29 Å². The maximum absolute atomic E-state index is 12.4. The monoisotopic (exact) mass is 230 g/mol. The SMILES string of the molecule is O=Cc1ccc(C(F)(F)F)cc1OC1CC1. The molecule has 1 aliphatic carbocycles. The lowest BCUT2D eigenvalue weighted by Crippen LogP contribution is -2.07. The zero-order valence-electron chi connectivity index (χ0n) is 8.25. The van der Waals surface area contributed by atoms with Gasteiger partial charge in [0, 0.05) is 0 Å². The molecule has 0 unspecified atom stereocenters. The molecule has 5 heteroatoms. The third kappa shape index (κ3) is 2.35. The summed E-state index contributed by atoms with van der Waals surface area (Å²) in [7, 11) is 0. The minimum Gasteiger partial charge on any atom is -0.490 e. The zero-order chi connectivity index (χ0) is 11.8. The van der Waals surface area contributed by atoms with E-state index in [0.29, 0.717) is 6.29 Å². The first-order valence-electron chi connectivity index (χ1n) is 4.84. The first-order chi connectivity index (χ1) is 7.50. The molecule has 86 valence electrons. The summed E-state index contributed by atoms with van der Waals surface area (Å²) in [4.78, 5) is 10.6. The van der Waals surface area contributed by atoms with Crippen LogP contribution in [0.5, 0.6) is 5.75 Å². The summed E-state index contributed by atoms with van der Waals surface area (Å²) in [5.74, 6) is 0.0207. The Morgan fingerprint density at radius 3 is 2.50 bits per heavy atom. The number of rotatable bonds is 3. The smallest absolute Gasteiger partial charge is 0.416 e. The van der Waals surface area contributed by atoms with Crippen molar-refractivity contribution in [2.45, 2.75) is 25.1 Å². The van der Waals surface area contributed by atoms with Crippen molar-refractivity contribution in [2.24, 2.45) is 0 Å². The summed E-state index contributed by atoms with van der Waals surface area (Å²) < 4.78 is 42.5. The van der Waals surface area contributed by atoms with Gasteiger partial charge in [0.05, 0.1) is 17.2 Å². The second kappa shape index (κ2) is 3.81. The number of aldehydes is 1. The Kier molecular flexibility index (Phi) is 2.61. The number of hydrogen-bond donors (Lipinski definition) is 0. The molecule has 0 heterocycles. The lowest BCUT2D eigenvalue weighted by atomic mass is 10.1. The predicted molar refractivity (Wildman–Crippen MR) is 50.5 cm³/mol. The molecule has 0 bridgehead atoms. The van der Waals surface area contributed by atoms with Gasteiger partial charge in [0.1, 0.15) is 5.75 Å². The van der Waals surface area contributed by atoms with E-state index in [9.17, 15) is 18.0 Å². The molecule has 0 aromatic heterocycles. The first-order valence-corrected chi connectivity index (χ1v) is 4.84. The van der Waals surface area contributed by atoms with Gasteiger partial charge >= 0.3 is 6.18 Å². The summed E-state index contributed by atoms with van der Waals surface area (Å²) in [5, 5.41) is 0. The normalized spacial score (nSPS) is 15.9. The summed E-state index contributed by atoms with van der Waals surface area (Å²) in [6.07, 6.45) is -2.30. The predicted octanol–water partition coefficient (Wildman–Crippen LogP) is 3.06. The van der Waals surface area contributed by atoms with Crippen molar-refractivity contribution in [1.29, 1.82) is 0 Å². The minimum absolute atomic E-state index is 0.0207. The highest BCUT2D eigenvalue weighted by molar-refractivity contribution is 5.79. The van der Waals surface area contributed by atoms with Gasteiger partial charge in [-0.25, -0.2) is 0 Å². The number of alkyl halides is 3. The van der Waals surface area contributed by atoms with Crippen LogP contribution in [0.4, 0.5) is 13.2 Å². The molecule has 0 atom stereocenters. The highest BCUT2D eigenvalue weighted by atomic mass is 19.4. The van der Waals surface area contributed by atoms with E-state index in [1.165, 1.54) is 0 Å². The average molecular weight is 230 g/mol. The van der Waals surface area contributed by atoms with Gasteiger partial charge in [-0.1, -0.05) is 0 Å². The minimum atomic E-state index is -4.41. The highest BCUT2D eigenvalue weighted by Gasteiger charge is 2.32. The molecule has 1 aromatic rings. The maximum atomic E-state index is 12.4. The van der Waals surface area contributed by atoms with Crippen molar-refractivity contribution < 1.29 is 22.7 Å². The van der Waals surface area contributed by atoms with Gasteiger partial charge in [0.2, 0.25) is 0 Å². The van der Waals surface area contributed by atoms with Crippen LogP contribution < -0.4 is 4.74 Å². The number of carbonyl (C=O) groups is 1. The van der Waals surface area contributed by atoms with Crippen molar-refractivity contribution in [3.05, 3.63) is 29.3 Å². The Morgan fingerprint density at radius 1 is 1.31 bits per heavy atom. The first kappa shape index (κ1) is 11.0. The van der Waals surface area contributed by atoms with Gasteiger partial charge in [-0.3, -0.25) is 4.79 Å². The van der Waals surface area contributed by atoms with Gasteiger partial charge in [0.25, 0.3) is 0 Å². The lowest BCUT2D eigenvalue weighted by Gasteiger charge is -2.11. The molecule has 2 rings (SSSR count). The van der Waals surface area contributed by atoms with Crippen LogP contribution in [0.2, 0.25) is 0 Å². The van der Waals surface area contributed by atoms with E-state index >= 15 is 0 Å². The van der Waals surface area contributed by atoms with Gasteiger partial charge in [-0.05, 0) is 31.0 Å². The van der Waals surface area contributed by atoms with Crippen LogP contribution in [0.15, 0.2) is 18.2 Å². The Balaban J connectivity index is 2.33. The molecule has 1 aliphatic rings. The van der Waals surface area contributed by atoms with E-state index in [0.717, 1.165) is 31.0 Å². The van der Waals surface area contributed by atoms with Crippen LogP contribution in [-0.2, 0) is 6.18 Å². The van der Waals surface area contributed by atoms with E-state index in [4.69, 9.17) is 4.74 Å². The van der Waals surface area contributed by atoms with Crippen molar-refractivity contribution in [3.8, 4) is 5.75 Å². The largest absolute Gasteiger partial charge is 0.490 e. The van der Waals surface area contributed by atoms with Crippen LogP contribution in [0.3, 0.4) is 0 Å². The summed E-state index contributed by atoms with van der Waals surface area (Å²) in [6.45, 7) is 0.